The monoisotopic (exact) mass is 199 g/mol. The molecule has 4 nitrogen and oxygen atoms in total. The fourth-order valence-corrected chi connectivity index (χ4v) is 1.59. The van der Waals surface area contributed by atoms with Crippen LogP contribution in [0.25, 0.3) is 0 Å². The lowest BCUT2D eigenvalue weighted by Crippen LogP contribution is -2.48. The van der Waals surface area contributed by atoms with Crippen molar-refractivity contribution in [2.75, 3.05) is 19.7 Å². The lowest BCUT2D eigenvalue weighted by molar-refractivity contribution is -0.130. The van der Waals surface area contributed by atoms with Gasteiger partial charge in [0, 0.05) is 24.9 Å². The Bertz CT molecular complexity index is 248. The van der Waals surface area contributed by atoms with Crippen molar-refractivity contribution < 1.29 is 14.3 Å². The standard InChI is InChI=1S/C10H17NO3/c1-4-14-9(13)11-6-5-8(12)10(2,3)7-11/h4-7H2,1-3H3. The number of rotatable bonds is 1. The highest BCUT2D eigenvalue weighted by molar-refractivity contribution is 5.86. The molecular weight excluding hydrogens is 182 g/mol. The van der Waals surface area contributed by atoms with Crippen LogP contribution in [0, 0.1) is 5.41 Å². The molecule has 4 heteroatoms. The van der Waals surface area contributed by atoms with Gasteiger partial charge in [0.2, 0.25) is 0 Å². The number of carbonyl (C=O) groups is 2. The van der Waals surface area contributed by atoms with Gasteiger partial charge in [0.1, 0.15) is 5.78 Å². The van der Waals surface area contributed by atoms with Crippen LogP contribution in [0.4, 0.5) is 4.79 Å². The van der Waals surface area contributed by atoms with Gasteiger partial charge in [0.15, 0.2) is 0 Å². The van der Waals surface area contributed by atoms with E-state index >= 15 is 0 Å². The lowest BCUT2D eigenvalue weighted by atomic mass is 9.83. The van der Waals surface area contributed by atoms with E-state index in [9.17, 15) is 9.59 Å². The van der Waals surface area contributed by atoms with Crippen LogP contribution in [0.1, 0.15) is 27.2 Å². The molecule has 0 unspecified atom stereocenters. The maximum absolute atomic E-state index is 11.5. The van der Waals surface area contributed by atoms with E-state index in [0.717, 1.165) is 0 Å². The second-order valence-corrected chi connectivity index (χ2v) is 4.18. The van der Waals surface area contributed by atoms with E-state index in [2.05, 4.69) is 0 Å². The Balaban J connectivity index is 2.59. The predicted molar refractivity (Wildman–Crippen MR) is 52.0 cm³/mol. The number of ketones is 1. The normalized spacial score (nSPS) is 20.8. The van der Waals surface area contributed by atoms with Gasteiger partial charge >= 0.3 is 6.09 Å². The molecule has 0 aromatic heterocycles. The third-order valence-corrected chi connectivity index (χ3v) is 2.48. The minimum absolute atomic E-state index is 0.220. The average Bonchev–Trinajstić information content (AvgIpc) is 2.10. The molecule has 0 aromatic carbocycles. The van der Waals surface area contributed by atoms with Crippen LogP contribution in [0.15, 0.2) is 0 Å². The average molecular weight is 199 g/mol. The fraction of sp³-hybridized carbons (Fsp3) is 0.800. The van der Waals surface area contributed by atoms with Crippen LogP contribution in [0.3, 0.4) is 0 Å². The Morgan fingerprint density at radius 3 is 2.71 bits per heavy atom. The van der Waals surface area contributed by atoms with E-state index < -0.39 is 5.41 Å². The molecule has 0 atom stereocenters. The zero-order valence-corrected chi connectivity index (χ0v) is 9.00. The summed E-state index contributed by atoms with van der Waals surface area (Å²) < 4.78 is 4.89. The summed E-state index contributed by atoms with van der Waals surface area (Å²) >= 11 is 0. The number of ether oxygens (including phenoxy) is 1. The molecular formula is C10H17NO3. The number of Topliss-reactive ketones (excluding diaryl/α,β-unsaturated/α-hetero) is 1. The molecule has 0 aliphatic carbocycles. The van der Waals surface area contributed by atoms with Crippen molar-refractivity contribution in [2.24, 2.45) is 5.41 Å². The van der Waals surface area contributed by atoms with Gasteiger partial charge in [-0.25, -0.2) is 4.79 Å². The van der Waals surface area contributed by atoms with Gasteiger partial charge in [-0.15, -0.1) is 0 Å². The van der Waals surface area contributed by atoms with Gasteiger partial charge in [-0.05, 0) is 6.92 Å². The molecule has 1 fully saturated rings. The molecule has 0 spiro atoms. The van der Waals surface area contributed by atoms with Crippen molar-refractivity contribution in [2.45, 2.75) is 27.2 Å². The van der Waals surface area contributed by atoms with Crippen molar-refractivity contribution in [1.29, 1.82) is 0 Å². The van der Waals surface area contributed by atoms with Gasteiger partial charge in [0.05, 0.1) is 6.61 Å². The number of hydrogen-bond acceptors (Lipinski definition) is 3. The number of piperidine rings is 1. The van der Waals surface area contributed by atoms with Crippen molar-refractivity contribution in [1.82, 2.24) is 4.90 Å². The number of nitrogens with zero attached hydrogens (tertiary/aromatic N) is 1. The first-order valence-electron chi connectivity index (χ1n) is 4.92. The van der Waals surface area contributed by atoms with Gasteiger partial charge in [-0.2, -0.15) is 0 Å². The van der Waals surface area contributed by atoms with E-state index in [0.29, 0.717) is 26.1 Å². The van der Waals surface area contributed by atoms with Crippen molar-refractivity contribution in [3.63, 3.8) is 0 Å². The Labute approximate surface area is 84.2 Å². The first-order chi connectivity index (χ1) is 6.47. The highest BCUT2D eigenvalue weighted by atomic mass is 16.6. The SMILES string of the molecule is CCOC(=O)N1CCC(=O)C(C)(C)C1. The first kappa shape index (κ1) is 11.0. The topological polar surface area (TPSA) is 46.6 Å². The second-order valence-electron chi connectivity index (χ2n) is 4.18. The maximum atomic E-state index is 11.5. The van der Waals surface area contributed by atoms with Gasteiger partial charge in [-0.1, -0.05) is 13.8 Å². The van der Waals surface area contributed by atoms with Crippen molar-refractivity contribution in [3.8, 4) is 0 Å². The van der Waals surface area contributed by atoms with Crippen LogP contribution < -0.4 is 0 Å². The summed E-state index contributed by atoms with van der Waals surface area (Å²) in [7, 11) is 0. The third-order valence-electron chi connectivity index (χ3n) is 2.48. The van der Waals surface area contributed by atoms with Crippen LogP contribution in [0.5, 0.6) is 0 Å². The van der Waals surface area contributed by atoms with E-state index in [1.165, 1.54) is 0 Å². The minimum atomic E-state index is -0.426. The zero-order valence-electron chi connectivity index (χ0n) is 9.00. The molecule has 0 N–H and O–H groups in total. The first-order valence-corrected chi connectivity index (χ1v) is 4.92. The van der Waals surface area contributed by atoms with E-state index in [1.807, 2.05) is 13.8 Å². The van der Waals surface area contributed by atoms with Crippen LogP contribution in [-0.2, 0) is 9.53 Å². The molecule has 0 bridgehead atoms. The molecule has 1 rings (SSSR count). The van der Waals surface area contributed by atoms with Gasteiger partial charge in [-0.3, -0.25) is 4.79 Å². The smallest absolute Gasteiger partial charge is 0.409 e. The molecule has 0 saturated carbocycles. The zero-order chi connectivity index (χ0) is 10.8. The number of hydrogen-bond donors (Lipinski definition) is 0. The van der Waals surface area contributed by atoms with E-state index in [4.69, 9.17) is 4.74 Å². The number of carbonyl (C=O) groups excluding carboxylic acids is 2. The maximum Gasteiger partial charge on any atom is 0.409 e. The summed E-state index contributed by atoms with van der Waals surface area (Å²) in [5.74, 6) is 0.220. The van der Waals surface area contributed by atoms with E-state index in [1.54, 1.807) is 11.8 Å². The Morgan fingerprint density at radius 2 is 2.21 bits per heavy atom. The highest BCUT2D eigenvalue weighted by Gasteiger charge is 2.36. The van der Waals surface area contributed by atoms with Gasteiger partial charge in [0.25, 0.3) is 0 Å². The molecule has 14 heavy (non-hydrogen) atoms. The fourth-order valence-electron chi connectivity index (χ4n) is 1.59. The van der Waals surface area contributed by atoms with Crippen LogP contribution >= 0.6 is 0 Å². The quantitative estimate of drug-likeness (QED) is 0.642. The molecule has 80 valence electrons. The van der Waals surface area contributed by atoms with Crippen molar-refractivity contribution in [3.05, 3.63) is 0 Å². The Hall–Kier alpha value is -1.06. The lowest BCUT2D eigenvalue weighted by Gasteiger charge is -2.35. The van der Waals surface area contributed by atoms with Crippen LogP contribution in [-0.4, -0.2) is 36.5 Å². The van der Waals surface area contributed by atoms with Crippen LogP contribution in [0.2, 0.25) is 0 Å². The second kappa shape index (κ2) is 3.98. The molecule has 1 aliphatic rings. The molecule has 0 aromatic rings. The molecule has 1 amide bonds. The minimum Gasteiger partial charge on any atom is -0.450 e. The number of amides is 1. The summed E-state index contributed by atoms with van der Waals surface area (Å²) in [5, 5.41) is 0. The van der Waals surface area contributed by atoms with Gasteiger partial charge < -0.3 is 9.64 Å². The summed E-state index contributed by atoms with van der Waals surface area (Å²) in [6.07, 6.45) is 0.124. The van der Waals surface area contributed by atoms with Crippen molar-refractivity contribution >= 4 is 11.9 Å². The molecule has 1 heterocycles. The summed E-state index contributed by atoms with van der Waals surface area (Å²) in [6.45, 7) is 6.83. The molecule has 1 aliphatic heterocycles. The third kappa shape index (κ3) is 2.25. The summed E-state index contributed by atoms with van der Waals surface area (Å²) in [6, 6.07) is 0. The number of likely N-dealkylation sites (tertiary alicyclic amines) is 1. The predicted octanol–water partition coefficient (Wildman–Crippen LogP) is 1.44. The largest absolute Gasteiger partial charge is 0.450 e. The van der Waals surface area contributed by atoms with E-state index in [-0.39, 0.29) is 11.9 Å². The Morgan fingerprint density at radius 1 is 1.57 bits per heavy atom. The summed E-state index contributed by atoms with van der Waals surface area (Å²) in [5.41, 5.74) is -0.426. The summed E-state index contributed by atoms with van der Waals surface area (Å²) in [4.78, 5) is 24.5. The highest BCUT2D eigenvalue weighted by Crippen LogP contribution is 2.25. The Kier molecular flexibility index (Phi) is 3.13. The molecule has 0 radical (unpaired) electrons. The molecule has 1 saturated heterocycles.